The molecule has 1 rings (SSSR count). The molecule has 0 aliphatic heterocycles. The first-order valence-electron chi connectivity index (χ1n) is 5.27. The fourth-order valence-electron chi connectivity index (χ4n) is 1.81. The van der Waals surface area contributed by atoms with E-state index in [0.29, 0.717) is 0 Å². The van der Waals surface area contributed by atoms with E-state index in [1.807, 2.05) is 39.0 Å². The molecule has 0 unspecified atom stereocenters. The van der Waals surface area contributed by atoms with Crippen molar-refractivity contribution in [3.05, 3.63) is 40.0 Å². The average Bonchev–Trinajstić information content (AvgIpc) is 2.27. The van der Waals surface area contributed by atoms with E-state index in [4.69, 9.17) is 5.26 Å². The van der Waals surface area contributed by atoms with Crippen LogP contribution in [0.25, 0.3) is 6.08 Å². The molecule has 0 heterocycles. The summed E-state index contributed by atoms with van der Waals surface area (Å²) < 4.78 is 4.55. The van der Waals surface area contributed by atoms with E-state index in [2.05, 4.69) is 4.74 Å². The number of ether oxygens (including phenoxy) is 1. The molecule has 0 radical (unpaired) electrons. The summed E-state index contributed by atoms with van der Waals surface area (Å²) in [5, 5.41) is 8.91. The van der Waals surface area contributed by atoms with Crippen LogP contribution in [-0.2, 0) is 9.53 Å². The average molecular weight is 229 g/mol. The highest BCUT2D eigenvalue weighted by atomic mass is 16.5. The molecule has 1 aromatic rings. The minimum absolute atomic E-state index is 0.0163. The molecular weight excluding hydrogens is 214 g/mol. The largest absolute Gasteiger partial charge is 0.465 e. The van der Waals surface area contributed by atoms with Crippen molar-refractivity contribution in [2.75, 3.05) is 7.11 Å². The fraction of sp³-hybridized carbons (Fsp3) is 0.286. The Labute approximate surface area is 101 Å². The predicted molar refractivity (Wildman–Crippen MR) is 66.3 cm³/mol. The van der Waals surface area contributed by atoms with Gasteiger partial charge in [0.15, 0.2) is 0 Å². The molecule has 0 saturated carbocycles. The summed E-state index contributed by atoms with van der Waals surface area (Å²) in [6, 6.07) is 5.89. The number of benzene rings is 1. The van der Waals surface area contributed by atoms with Gasteiger partial charge in [0.1, 0.15) is 11.6 Å². The van der Waals surface area contributed by atoms with E-state index < -0.39 is 5.97 Å². The predicted octanol–water partition coefficient (Wildman–Crippen LogP) is 2.69. The van der Waals surface area contributed by atoms with Gasteiger partial charge in [0.05, 0.1) is 7.11 Å². The second-order valence-corrected chi connectivity index (χ2v) is 3.97. The van der Waals surface area contributed by atoms with Crippen LogP contribution in [0, 0.1) is 32.1 Å². The second-order valence-electron chi connectivity index (χ2n) is 3.97. The quantitative estimate of drug-likeness (QED) is 0.445. The van der Waals surface area contributed by atoms with Crippen LogP contribution in [0.3, 0.4) is 0 Å². The molecule has 0 aromatic heterocycles. The Bertz CT molecular complexity index is 499. The summed E-state index contributed by atoms with van der Waals surface area (Å²) in [7, 11) is 1.27. The number of nitriles is 1. The zero-order valence-corrected chi connectivity index (χ0v) is 10.5. The number of carbonyl (C=O) groups excluding carboxylic acids is 1. The SMILES string of the molecule is COC(=O)C(C#N)=Cc1c(C)cc(C)cc1C. The van der Waals surface area contributed by atoms with Crippen LogP contribution in [0.4, 0.5) is 0 Å². The first-order valence-corrected chi connectivity index (χ1v) is 5.27. The summed E-state index contributed by atoms with van der Waals surface area (Å²) in [5.41, 5.74) is 4.16. The van der Waals surface area contributed by atoms with Crippen molar-refractivity contribution in [2.24, 2.45) is 0 Å². The third-order valence-electron chi connectivity index (χ3n) is 2.55. The van der Waals surface area contributed by atoms with Gasteiger partial charge in [-0.1, -0.05) is 17.7 Å². The van der Waals surface area contributed by atoms with Gasteiger partial charge >= 0.3 is 5.97 Å². The first kappa shape index (κ1) is 13.0. The standard InChI is InChI=1S/C14H15NO2/c1-9-5-10(2)13(11(3)6-9)7-12(8-15)14(16)17-4/h5-7H,1-4H3. The molecule has 0 atom stereocenters. The lowest BCUT2D eigenvalue weighted by molar-refractivity contribution is -0.135. The summed E-state index contributed by atoms with van der Waals surface area (Å²) >= 11 is 0. The number of rotatable bonds is 2. The van der Waals surface area contributed by atoms with E-state index in [-0.39, 0.29) is 5.57 Å². The Hall–Kier alpha value is -2.08. The topological polar surface area (TPSA) is 50.1 Å². The van der Waals surface area contributed by atoms with E-state index in [9.17, 15) is 4.79 Å². The van der Waals surface area contributed by atoms with Crippen LogP contribution < -0.4 is 0 Å². The highest BCUT2D eigenvalue weighted by Gasteiger charge is 2.10. The van der Waals surface area contributed by atoms with Crippen molar-refractivity contribution in [3.63, 3.8) is 0 Å². The molecule has 0 saturated heterocycles. The van der Waals surface area contributed by atoms with Gasteiger partial charge in [-0.3, -0.25) is 0 Å². The highest BCUT2D eigenvalue weighted by molar-refractivity contribution is 5.98. The Morgan fingerprint density at radius 3 is 2.24 bits per heavy atom. The van der Waals surface area contributed by atoms with Gasteiger partial charge in [-0.2, -0.15) is 5.26 Å². The van der Waals surface area contributed by atoms with Gasteiger partial charge in [0, 0.05) is 0 Å². The number of esters is 1. The Morgan fingerprint density at radius 1 is 1.29 bits per heavy atom. The van der Waals surface area contributed by atoms with Crippen LogP contribution in [0.2, 0.25) is 0 Å². The van der Waals surface area contributed by atoms with Gasteiger partial charge in [-0.05, 0) is 43.5 Å². The molecule has 88 valence electrons. The third-order valence-corrected chi connectivity index (χ3v) is 2.55. The number of hydrogen-bond donors (Lipinski definition) is 0. The lowest BCUT2D eigenvalue weighted by Gasteiger charge is -2.07. The van der Waals surface area contributed by atoms with Gasteiger partial charge < -0.3 is 4.74 Å². The van der Waals surface area contributed by atoms with Crippen molar-refractivity contribution < 1.29 is 9.53 Å². The number of hydrogen-bond acceptors (Lipinski definition) is 3. The molecule has 0 aliphatic carbocycles. The number of nitrogens with zero attached hydrogens (tertiary/aromatic N) is 1. The molecule has 3 nitrogen and oxygen atoms in total. The minimum atomic E-state index is -0.605. The molecule has 0 aliphatic rings. The molecule has 17 heavy (non-hydrogen) atoms. The van der Waals surface area contributed by atoms with Crippen LogP contribution in [0.5, 0.6) is 0 Å². The smallest absolute Gasteiger partial charge is 0.348 e. The summed E-state index contributed by atoms with van der Waals surface area (Å²) in [4.78, 5) is 11.3. The Kier molecular flexibility index (Phi) is 4.06. The van der Waals surface area contributed by atoms with Crippen molar-refractivity contribution in [2.45, 2.75) is 20.8 Å². The zero-order valence-electron chi connectivity index (χ0n) is 10.5. The summed E-state index contributed by atoms with van der Waals surface area (Å²) in [5.74, 6) is -0.605. The van der Waals surface area contributed by atoms with E-state index >= 15 is 0 Å². The lowest BCUT2D eigenvalue weighted by atomic mass is 9.98. The van der Waals surface area contributed by atoms with Gasteiger partial charge in [0.25, 0.3) is 0 Å². The van der Waals surface area contributed by atoms with Gasteiger partial charge in [-0.25, -0.2) is 4.79 Å². The molecule has 0 N–H and O–H groups in total. The maximum Gasteiger partial charge on any atom is 0.348 e. The lowest BCUT2D eigenvalue weighted by Crippen LogP contribution is -2.03. The summed E-state index contributed by atoms with van der Waals surface area (Å²) in [6.07, 6.45) is 1.58. The maximum absolute atomic E-state index is 11.3. The molecule has 3 heteroatoms. The summed E-state index contributed by atoms with van der Waals surface area (Å²) in [6.45, 7) is 5.93. The third kappa shape index (κ3) is 2.94. The van der Waals surface area contributed by atoms with Crippen LogP contribution in [0.1, 0.15) is 22.3 Å². The normalized spacial score (nSPS) is 10.9. The number of aryl methyl sites for hydroxylation is 3. The van der Waals surface area contributed by atoms with Crippen molar-refractivity contribution in [1.82, 2.24) is 0 Å². The molecule has 0 spiro atoms. The first-order chi connectivity index (χ1) is 7.99. The molecule has 1 aromatic carbocycles. The Balaban J connectivity index is 3.31. The van der Waals surface area contributed by atoms with E-state index in [0.717, 1.165) is 22.3 Å². The minimum Gasteiger partial charge on any atom is -0.465 e. The zero-order chi connectivity index (χ0) is 13.0. The van der Waals surface area contributed by atoms with Crippen molar-refractivity contribution >= 4 is 12.0 Å². The Morgan fingerprint density at radius 2 is 1.82 bits per heavy atom. The molecular formula is C14H15NO2. The van der Waals surface area contributed by atoms with Gasteiger partial charge in [-0.15, -0.1) is 0 Å². The number of carbonyl (C=O) groups is 1. The van der Waals surface area contributed by atoms with E-state index in [1.165, 1.54) is 7.11 Å². The van der Waals surface area contributed by atoms with E-state index in [1.54, 1.807) is 6.08 Å². The fourth-order valence-corrected chi connectivity index (χ4v) is 1.81. The van der Waals surface area contributed by atoms with Crippen LogP contribution in [-0.4, -0.2) is 13.1 Å². The molecule has 0 fully saturated rings. The van der Waals surface area contributed by atoms with Crippen LogP contribution in [0.15, 0.2) is 17.7 Å². The van der Waals surface area contributed by atoms with Gasteiger partial charge in [0.2, 0.25) is 0 Å². The number of methoxy groups -OCH3 is 1. The van der Waals surface area contributed by atoms with Crippen molar-refractivity contribution in [3.8, 4) is 6.07 Å². The molecule has 0 bridgehead atoms. The molecule has 0 amide bonds. The monoisotopic (exact) mass is 229 g/mol. The maximum atomic E-state index is 11.3. The van der Waals surface area contributed by atoms with Crippen LogP contribution >= 0.6 is 0 Å². The highest BCUT2D eigenvalue weighted by Crippen LogP contribution is 2.19. The van der Waals surface area contributed by atoms with Crippen molar-refractivity contribution in [1.29, 1.82) is 5.26 Å². The second kappa shape index (κ2) is 5.31.